The third-order valence-corrected chi connectivity index (χ3v) is 0.976. The van der Waals surface area contributed by atoms with E-state index in [-0.39, 0.29) is 0 Å². The molecule has 1 aliphatic rings. The zero-order chi connectivity index (χ0) is 6.53. The molecule has 0 spiro atoms. The zero-order valence-electron chi connectivity index (χ0n) is 5.12. The molecule has 1 heterocycles. The van der Waals surface area contributed by atoms with E-state index in [2.05, 4.69) is 11.9 Å². The van der Waals surface area contributed by atoms with Gasteiger partial charge in [0.25, 0.3) is 0 Å². The Morgan fingerprint density at radius 1 is 1.44 bits per heavy atom. The van der Waals surface area contributed by atoms with Gasteiger partial charge in [-0.1, -0.05) is 37.0 Å². The predicted octanol–water partition coefficient (Wildman–Crippen LogP) is 2.51. The van der Waals surface area contributed by atoms with Gasteiger partial charge >= 0.3 is 0 Å². The van der Waals surface area contributed by atoms with E-state index in [1.807, 2.05) is 24.3 Å². The lowest BCUT2D eigenvalue weighted by Crippen LogP contribution is -1.74. The van der Waals surface area contributed by atoms with E-state index in [0.29, 0.717) is 0 Å². The Kier molecular flexibility index (Phi) is 1.91. The lowest BCUT2D eigenvalue weighted by atomic mass is 10.3. The van der Waals surface area contributed by atoms with Crippen LogP contribution < -0.4 is 0 Å². The second-order valence-corrected chi connectivity index (χ2v) is 1.66. The molecule has 0 aromatic rings. The molecular formula is C8H8N-. The number of nitrogens with zero attached hydrogens (tertiary/aromatic N) is 1. The summed E-state index contributed by atoms with van der Waals surface area (Å²) in [5, 5.41) is 4.04. The highest BCUT2D eigenvalue weighted by molar-refractivity contribution is 5.41. The van der Waals surface area contributed by atoms with Crippen molar-refractivity contribution in [3.63, 3.8) is 0 Å². The van der Waals surface area contributed by atoms with Gasteiger partial charge in [-0.2, -0.15) is 6.20 Å². The molecule has 1 aliphatic heterocycles. The summed E-state index contributed by atoms with van der Waals surface area (Å²) in [6.07, 6.45) is 11.1. The monoisotopic (exact) mass is 118 g/mol. The van der Waals surface area contributed by atoms with E-state index in [1.54, 1.807) is 12.3 Å². The summed E-state index contributed by atoms with van der Waals surface area (Å²) in [7, 11) is 0. The minimum atomic E-state index is 0.951. The lowest BCUT2D eigenvalue weighted by molar-refractivity contribution is 1.55. The molecule has 0 saturated carbocycles. The standard InChI is InChI=1S/C8H8N/c1-2-5-8-6-3-4-7-9-8/h2-7H,1H2/q-1. The second kappa shape index (κ2) is 2.92. The van der Waals surface area contributed by atoms with Gasteiger partial charge in [0.05, 0.1) is 0 Å². The van der Waals surface area contributed by atoms with Gasteiger partial charge in [-0.05, 0) is 0 Å². The molecule has 0 amide bonds. The molecule has 0 radical (unpaired) electrons. The van der Waals surface area contributed by atoms with Crippen molar-refractivity contribution in [2.75, 3.05) is 0 Å². The maximum atomic E-state index is 4.04. The molecule has 0 bridgehead atoms. The van der Waals surface area contributed by atoms with E-state index in [4.69, 9.17) is 0 Å². The van der Waals surface area contributed by atoms with E-state index in [1.165, 1.54) is 0 Å². The smallest absolute Gasteiger partial charge is 0.0653 e. The molecule has 0 unspecified atom stereocenters. The first-order valence-corrected chi connectivity index (χ1v) is 2.80. The molecule has 0 atom stereocenters. The molecule has 9 heavy (non-hydrogen) atoms. The maximum Gasteiger partial charge on any atom is -0.0653 e. The van der Waals surface area contributed by atoms with Crippen LogP contribution in [0.4, 0.5) is 0 Å². The number of allylic oxidation sites excluding steroid dienone is 5. The van der Waals surface area contributed by atoms with Gasteiger partial charge < -0.3 is 5.32 Å². The molecule has 1 nitrogen and oxygen atoms in total. The van der Waals surface area contributed by atoms with Crippen molar-refractivity contribution in [3.05, 3.63) is 54.2 Å². The van der Waals surface area contributed by atoms with Crippen LogP contribution in [-0.4, -0.2) is 0 Å². The highest BCUT2D eigenvalue weighted by Gasteiger charge is 1.74. The van der Waals surface area contributed by atoms with Crippen LogP contribution >= 0.6 is 0 Å². The largest absolute Gasteiger partial charge is 0.664 e. The number of rotatable bonds is 1. The highest BCUT2D eigenvalue weighted by atomic mass is 14.8. The first-order valence-electron chi connectivity index (χ1n) is 2.80. The van der Waals surface area contributed by atoms with E-state index in [9.17, 15) is 0 Å². The zero-order valence-corrected chi connectivity index (χ0v) is 5.12. The summed E-state index contributed by atoms with van der Waals surface area (Å²) in [6.45, 7) is 3.56. The summed E-state index contributed by atoms with van der Waals surface area (Å²) >= 11 is 0. The topological polar surface area (TPSA) is 14.1 Å². The fraction of sp³-hybridized carbons (Fsp3) is 0. The van der Waals surface area contributed by atoms with Gasteiger partial charge in [0.2, 0.25) is 0 Å². The number of hydrogen-bond donors (Lipinski definition) is 0. The predicted molar refractivity (Wildman–Crippen MR) is 39.9 cm³/mol. The van der Waals surface area contributed by atoms with Gasteiger partial charge in [0.15, 0.2) is 0 Å². The fourth-order valence-corrected chi connectivity index (χ4v) is 0.595. The summed E-state index contributed by atoms with van der Waals surface area (Å²) in [6, 6.07) is 0. The normalized spacial score (nSPS) is 19.8. The molecule has 0 aromatic carbocycles. The Bertz CT molecular complexity index is 185. The van der Waals surface area contributed by atoms with Crippen molar-refractivity contribution in [3.8, 4) is 0 Å². The van der Waals surface area contributed by atoms with Crippen molar-refractivity contribution in [1.29, 1.82) is 0 Å². The molecule has 0 aromatic heterocycles. The van der Waals surface area contributed by atoms with Crippen LogP contribution in [0.2, 0.25) is 0 Å². The van der Waals surface area contributed by atoms with E-state index < -0.39 is 0 Å². The summed E-state index contributed by atoms with van der Waals surface area (Å²) in [5.41, 5.74) is 0.951. The van der Waals surface area contributed by atoms with Gasteiger partial charge in [-0.15, -0.1) is 5.70 Å². The van der Waals surface area contributed by atoms with E-state index in [0.717, 1.165) is 5.70 Å². The molecule has 1 heteroatoms. The van der Waals surface area contributed by atoms with Crippen LogP contribution in [0.15, 0.2) is 48.9 Å². The Morgan fingerprint density at radius 3 is 2.89 bits per heavy atom. The second-order valence-electron chi connectivity index (χ2n) is 1.66. The van der Waals surface area contributed by atoms with Gasteiger partial charge in [-0.25, -0.2) is 0 Å². The van der Waals surface area contributed by atoms with Crippen molar-refractivity contribution < 1.29 is 0 Å². The Hall–Kier alpha value is -1.24. The SMILES string of the molecule is C=CC=C1C=CC=C[N-]1. The van der Waals surface area contributed by atoms with Crippen LogP contribution in [0, 0.1) is 0 Å². The van der Waals surface area contributed by atoms with Crippen LogP contribution in [0.25, 0.3) is 5.32 Å². The summed E-state index contributed by atoms with van der Waals surface area (Å²) < 4.78 is 0. The molecule has 1 rings (SSSR count). The summed E-state index contributed by atoms with van der Waals surface area (Å²) in [4.78, 5) is 0. The van der Waals surface area contributed by atoms with Gasteiger partial charge in [0, 0.05) is 0 Å². The van der Waals surface area contributed by atoms with Gasteiger partial charge in [-0.3, -0.25) is 0 Å². The quantitative estimate of drug-likeness (QED) is 0.502. The maximum absolute atomic E-state index is 4.04. The average molecular weight is 118 g/mol. The lowest BCUT2D eigenvalue weighted by Gasteiger charge is -2.19. The minimum absolute atomic E-state index is 0.951. The molecule has 46 valence electrons. The van der Waals surface area contributed by atoms with Crippen molar-refractivity contribution in [2.24, 2.45) is 0 Å². The first-order chi connectivity index (χ1) is 4.43. The molecule has 0 saturated heterocycles. The van der Waals surface area contributed by atoms with Crippen LogP contribution in [0.5, 0.6) is 0 Å². The van der Waals surface area contributed by atoms with Crippen molar-refractivity contribution >= 4 is 0 Å². The van der Waals surface area contributed by atoms with Gasteiger partial charge in [0.1, 0.15) is 0 Å². The van der Waals surface area contributed by atoms with Crippen LogP contribution in [0.1, 0.15) is 0 Å². The highest BCUT2D eigenvalue weighted by Crippen LogP contribution is 2.11. The average Bonchev–Trinajstić information content (AvgIpc) is 1.91. The third kappa shape index (κ3) is 1.61. The number of hydrogen-bond acceptors (Lipinski definition) is 0. The Balaban J connectivity index is 2.65. The molecule has 0 aliphatic carbocycles. The Morgan fingerprint density at radius 2 is 2.33 bits per heavy atom. The van der Waals surface area contributed by atoms with Crippen LogP contribution in [-0.2, 0) is 0 Å². The minimum Gasteiger partial charge on any atom is -0.664 e. The van der Waals surface area contributed by atoms with Crippen molar-refractivity contribution in [1.82, 2.24) is 0 Å². The van der Waals surface area contributed by atoms with Crippen LogP contribution in [0.3, 0.4) is 0 Å². The van der Waals surface area contributed by atoms with Crippen molar-refractivity contribution in [2.45, 2.75) is 0 Å². The molecular weight excluding hydrogens is 110 g/mol. The first kappa shape index (κ1) is 5.89. The van der Waals surface area contributed by atoms with E-state index >= 15 is 0 Å². The fourth-order valence-electron chi connectivity index (χ4n) is 0.595. The Labute approximate surface area is 55.1 Å². The molecule has 0 fully saturated rings. The molecule has 0 N–H and O–H groups in total. The summed E-state index contributed by atoms with van der Waals surface area (Å²) in [5.74, 6) is 0. The third-order valence-electron chi connectivity index (χ3n) is 0.976.